The van der Waals surface area contributed by atoms with Gasteiger partial charge in [-0.3, -0.25) is 4.79 Å². The summed E-state index contributed by atoms with van der Waals surface area (Å²) in [5.74, 6) is 1.99. The molecule has 0 radical (unpaired) electrons. The largest absolute Gasteiger partial charge is 0.390 e. The maximum atomic E-state index is 14.1. The van der Waals surface area contributed by atoms with Crippen molar-refractivity contribution >= 4 is 16.9 Å². The van der Waals surface area contributed by atoms with Crippen molar-refractivity contribution in [2.75, 3.05) is 0 Å². The Morgan fingerprint density at radius 3 is 2.64 bits per heavy atom. The van der Waals surface area contributed by atoms with Gasteiger partial charge in [-0.15, -0.1) is 5.10 Å². The Hall–Kier alpha value is -1.82. The number of benzene rings is 1. The Bertz CT molecular complexity index is 1110. The highest BCUT2D eigenvalue weighted by molar-refractivity contribution is 5.91. The highest BCUT2D eigenvalue weighted by Crippen LogP contribution is 2.68. The summed E-state index contributed by atoms with van der Waals surface area (Å²) in [7, 11) is 0. The fourth-order valence-electron chi connectivity index (χ4n) is 9.06. The topological polar surface area (TPSA) is 68.0 Å². The van der Waals surface area contributed by atoms with E-state index in [4.69, 9.17) is 0 Å². The Kier molecular flexibility index (Phi) is 4.66. The van der Waals surface area contributed by atoms with Gasteiger partial charge in [0.25, 0.3) is 5.91 Å². The van der Waals surface area contributed by atoms with Gasteiger partial charge < -0.3 is 5.11 Å². The SMILES string of the molecule is C[C@@]1(O)CC[C@@]2(C)[C@@H](CC[C@@H]3[C@@H]2CC[C@]2(C)[C@@H](C(=O)n4nnc5c(F)cccc54)CC[C@@H]32)C1. The number of carbonyl (C=O) groups is 1. The third-order valence-electron chi connectivity index (χ3n) is 10.9. The number of nitrogens with zero attached hydrogens (tertiary/aromatic N) is 3. The van der Waals surface area contributed by atoms with Crippen LogP contribution >= 0.6 is 0 Å². The molecule has 4 aliphatic rings. The van der Waals surface area contributed by atoms with Gasteiger partial charge >= 0.3 is 0 Å². The van der Waals surface area contributed by atoms with Crippen LogP contribution in [-0.4, -0.2) is 31.6 Å². The van der Waals surface area contributed by atoms with Crippen LogP contribution in [0.1, 0.15) is 83.4 Å². The van der Waals surface area contributed by atoms with Crippen molar-refractivity contribution in [3.05, 3.63) is 24.0 Å². The third kappa shape index (κ3) is 3.01. The van der Waals surface area contributed by atoms with Crippen molar-refractivity contribution in [1.29, 1.82) is 0 Å². The zero-order valence-electron chi connectivity index (χ0n) is 20.1. The average molecular weight is 454 g/mol. The molecule has 0 amide bonds. The van der Waals surface area contributed by atoms with E-state index < -0.39 is 11.4 Å². The fraction of sp³-hybridized carbons (Fsp3) is 0.741. The van der Waals surface area contributed by atoms with Crippen LogP contribution in [0.2, 0.25) is 0 Å². The molecule has 178 valence electrons. The molecule has 33 heavy (non-hydrogen) atoms. The molecule has 0 bridgehead atoms. The molecule has 0 unspecified atom stereocenters. The van der Waals surface area contributed by atoms with Crippen molar-refractivity contribution < 1.29 is 14.3 Å². The minimum Gasteiger partial charge on any atom is -0.390 e. The molecule has 1 N–H and O–H groups in total. The number of rotatable bonds is 1. The lowest BCUT2D eigenvalue weighted by atomic mass is 9.44. The first-order chi connectivity index (χ1) is 15.6. The summed E-state index contributed by atoms with van der Waals surface area (Å²) in [6.45, 7) is 6.85. The van der Waals surface area contributed by atoms with Gasteiger partial charge in [0.15, 0.2) is 5.82 Å². The maximum Gasteiger partial charge on any atom is 0.252 e. The standard InChI is InChI=1S/C27H36FN3O2/c1-25(33)13-14-26(2)16(15-25)7-8-17-18-9-10-20(27(18,3)12-11-19(17)26)24(32)31-22-6-4-5-21(28)23(22)29-30-31/h4-6,16-20,33H,7-15H2,1-3H3/t16-,17-,18-,19-,20+,25+,26-,27-/m0/s1. The number of hydrogen-bond donors (Lipinski definition) is 1. The first kappa shape index (κ1) is 21.7. The molecular weight excluding hydrogens is 417 g/mol. The van der Waals surface area contributed by atoms with Crippen LogP contribution in [-0.2, 0) is 0 Å². The van der Waals surface area contributed by atoms with Crippen LogP contribution in [0, 0.1) is 46.2 Å². The lowest BCUT2D eigenvalue weighted by Gasteiger charge is -2.61. The summed E-state index contributed by atoms with van der Waals surface area (Å²) in [6, 6.07) is 4.72. The van der Waals surface area contributed by atoms with Crippen LogP contribution < -0.4 is 0 Å². The molecule has 5 nitrogen and oxygen atoms in total. The van der Waals surface area contributed by atoms with E-state index >= 15 is 0 Å². The van der Waals surface area contributed by atoms with Gasteiger partial charge in [0, 0.05) is 5.92 Å². The number of carbonyl (C=O) groups excluding carboxylic acids is 1. The molecule has 6 heteroatoms. The van der Waals surface area contributed by atoms with E-state index in [2.05, 4.69) is 24.2 Å². The highest BCUT2D eigenvalue weighted by Gasteiger charge is 2.62. The maximum absolute atomic E-state index is 14.1. The molecule has 0 saturated heterocycles. The molecule has 1 aromatic carbocycles. The Morgan fingerprint density at radius 2 is 1.82 bits per heavy atom. The van der Waals surface area contributed by atoms with Crippen LogP contribution in [0.4, 0.5) is 4.39 Å². The van der Waals surface area contributed by atoms with Gasteiger partial charge in [-0.05, 0) is 111 Å². The smallest absolute Gasteiger partial charge is 0.252 e. The number of aromatic nitrogens is 3. The van der Waals surface area contributed by atoms with Crippen molar-refractivity contribution in [3.8, 4) is 0 Å². The normalized spacial score (nSPS) is 44.8. The first-order valence-electron chi connectivity index (χ1n) is 12.9. The van der Waals surface area contributed by atoms with E-state index in [1.165, 1.54) is 30.0 Å². The third-order valence-corrected chi connectivity index (χ3v) is 10.9. The molecule has 4 fully saturated rings. The summed E-state index contributed by atoms with van der Waals surface area (Å²) < 4.78 is 15.5. The summed E-state index contributed by atoms with van der Waals surface area (Å²) >= 11 is 0. The van der Waals surface area contributed by atoms with Gasteiger partial charge in [0.05, 0.1) is 5.60 Å². The van der Waals surface area contributed by atoms with E-state index in [1.807, 2.05) is 6.92 Å². The van der Waals surface area contributed by atoms with E-state index in [-0.39, 0.29) is 22.8 Å². The van der Waals surface area contributed by atoms with Crippen molar-refractivity contribution in [1.82, 2.24) is 15.0 Å². The van der Waals surface area contributed by atoms with Crippen molar-refractivity contribution in [3.63, 3.8) is 0 Å². The molecule has 1 aromatic heterocycles. The molecule has 2 aromatic rings. The summed E-state index contributed by atoms with van der Waals surface area (Å²) in [4.78, 5) is 13.7. The van der Waals surface area contributed by atoms with Crippen molar-refractivity contribution in [2.45, 2.75) is 84.2 Å². The lowest BCUT2D eigenvalue weighted by Crippen LogP contribution is -2.55. The van der Waals surface area contributed by atoms with Gasteiger partial charge in [0.1, 0.15) is 11.0 Å². The van der Waals surface area contributed by atoms with Gasteiger partial charge in [0.2, 0.25) is 0 Å². The van der Waals surface area contributed by atoms with Crippen molar-refractivity contribution in [2.24, 2.45) is 40.4 Å². The highest BCUT2D eigenvalue weighted by atomic mass is 19.1. The zero-order chi connectivity index (χ0) is 23.2. The number of halogens is 1. The number of hydrogen-bond acceptors (Lipinski definition) is 4. The molecule has 0 spiro atoms. The summed E-state index contributed by atoms with van der Waals surface area (Å²) in [6.07, 6.45) is 9.59. The summed E-state index contributed by atoms with van der Waals surface area (Å²) in [5, 5.41) is 18.8. The Balaban J connectivity index is 1.28. The Labute approximate surface area is 195 Å². The monoisotopic (exact) mass is 453 g/mol. The summed E-state index contributed by atoms with van der Waals surface area (Å²) in [5.41, 5.74) is 0.420. The molecular formula is C27H36FN3O2. The molecule has 0 aliphatic heterocycles. The molecule has 8 atom stereocenters. The van der Waals surface area contributed by atoms with Crippen LogP contribution in [0.15, 0.2) is 18.2 Å². The minimum absolute atomic E-state index is 0.0137. The van der Waals surface area contributed by atoms with E-state index in [0.29, 0.717) is 34.6 Å². The second-order valence-electron chi connectivity index (χ2n) is 12.5. The van der Waals surface area contributed by atoms with E-state index in [9.17, 15) is 14.3 Å². The lowest BCUT2D eigenvalue weighted by molar-refractivity contribution is -0.144. The second-order valence-corrected chi connectivity index (χ2v) is 12.5. The predicted molar refractivity (Wildman–Crippen MR) is 124 cm³/mol. The minimum atomic E-state index is -0.509. The molecule has 6 rings (SSSR count). The second kappa shape index (κ2) is 7.10. The van der Waals surface area contributed by atoms with E-state index in [0.717, 1.165) is 38.5 Å². The number of fused-ring (bicyclic) bond motifs is 6. The van der Waals surface area contributed by atoms with Crippen LogP contribution in [0.5, 0.6) is 0 Å². The van der Waals surface area contributed by atoms with Gasteiger partial charge in [-0.2, -0.15) is 4.68 Å². The number of aliphatic hydroxyl groups is 1. The zero-order valence-corrected chi connectivity index (χ0v) is 20.1. The quantitative estimate of drug-likeness (QED) is 0.608. The molecule has 4 saturated carbocycles. The molecule has 1 heterocycles. The van der Waals surface area contributed by atoms with Crippen LogP contribution in [0.3, 0.4) is 0 Å². The van der Waals surface area contributed by atoms with E-state index in [1.54, 1.807) is 12.1 Å². The first-order valence-corrected chi connectivity index (χ1v) is 12.9. The van der Waals surface area contributed by atoms with Gasteiger partial charge in [-0.1, -0.05) is 25.1 Å². The predicted octanol–water partition coefficient (Wildman–Crippen LogP) is 5.62. The molecule has 4 aliphatic carbocycles. The van der Waals surface area contributed by atoms with Crippen LogP contribution in [0.25, 0.3) is 11.0 Å². The fourth-order valence-corrected chi connectivity index (χ4v) is 9.06. The average Bonchev–Trinajstić information content (AvgIpc) is 3.36. The Morgan fingerprint density at radius 1 is 1.03 bits per heavy atom. The van der Waals surface area contributed by atoms with Gasteiger partial charge in [-0.25, -0.2) is 4.39 Å².